The van der Waals surface area contributed by atoms with Crippen LogP contribution in [0.25, 0.3) is 10.9 Å². The van der Waals surface area contributed by atoms with Crippen molar-refractivity contribution in [3.63, 3.8) is 0 Å². The largest absolute Gasteiger partial charge is 0.488 e. The molecule has 0 N–H and O–H groups in total. The maximum Gasteiger partial charge on any atom is 0.138 e. The molecular weight excluding hydrogens is 218 g/mol. The summed E-state index contributed by atoms with van der Waals surface area (Å²) in [6.45, 7) is 0.556. The number of pyridine rings is 1. The maximum absolute atomic E-state index is 5.53. The molecule has 1 aromatic carbocycles. The molecule has 1 aromatic heterocycles. The fourth-order valence-corrected chi connectivity index (χ4v) is 1.57. The molecule has 2 rings (SSSR count). The monoisotopic (exact) mass is 231 g/mol. The Morgan fingerprint density at radius 3 is 3.00 bits per heavy atom. The Labute approximate surface area is 100 Å². The number of fused-ring (bicyclic) bond motifs is 1. The zero-order chi connectivity index (χ0) is 11.2. The van der Waals surface area contributed by atoms with Gasteiger partial charge in [-0.25, -0.2) is 0 Å². The summed E-state index contributed by atoms with van der Waals surface area (Å²) >= 11 is 4.07. The third kappa shape index (κ3) is 2.76. The highest BCUT2D eigenvalue weighted by Gasteiger charge is 1.96. The van der Waals surface area contributed by atoms with Crippen LogP contribution in [0.4, 0.5) is 0 Å². The molecular formula is C13H13NOS. The summed E-state index contributed by atoms with van der Waals surface area (Å²) in [6.07, 6.45) is 5.65. The van der Waals surface area contributed by atoms with Crippen molar-refractivity contribution in [2.45, 2.75) is 0 Å². The summed E-state index contributed by atoms with van der Waals surface area (Å²) in [6, 6.07) is 9.98. The van der Waals surface area contributed by atoms with Gasteiger partial charge in [-0.15, -0.1) is 0 Å². The highest BCUT2D eigenvalue weighted by Crippen LogP contribution is 2.17. The highest BCUT2D eigenvalue weighted by atomic mass is 32.1. The van der Waals surface area contributed by atoms with E-state index in [1.807, 2.05) is 42.5 Å². The van der Waals surface area contributed by atoms with Crippen molar-refractivity contribution in [3.05, 3.63) is 48.7 Å². The van der Waals surface area contributed by atoms with Crippen LogP contribution in [0.5, 0.6) is 5.75 Å². The number of hydrogen-bond acceptors (Lipinski definition) is 3. The van der Waals surface area contributed by atoms with Gasteiger partial charge < -0.3 is 4.74 Å². The van der Waals surface area contributed by atoms with Crippen LogP contribution >= 0.6 is 12.6 Å². The van der Waals surface area contributed by atoms with Gasteiger partial charge in [0, 0.05) is 11.1 Å². The van der Waals surface area contributed by atoms with Gasteiger partial charge in [-0.1, -0.05) is 30.4 Å². The summed E-state index contributed by atoms with van der Waals surface area (Å²) in [5, 5.41) is 1.10. The van der Waals surface area contributed by atoms with Crippen LogP contribution < -0.4 is 4.74 Å². The molecule has 2 aromatic rings. The lowest BCUT2D eigenvalue weighted by Crippen LogP contribution is -1.94. The molecule has 0 aliphatic heterocycles. The Morgan fingerprint density at radius 2 is 2.12 bits per heavy atom. The first kappa shape index (κ1) is 11.0. The molecule has 0 amide bonds. The molecule has 0 unspecified atom stereocenters. The number of ether oxygens (including phenoxy) is 1. The molecule has 0 saturated carbocycles. The van der Waals surface area contributed by atoms with E-state index in [1.165, 1.54) is 0 Å². The third-order valence-electron chi connectivity index (χ3n) is 2.18. The number of aromatic nitrogens is 1. The highest BCUT2D eigenvalue weighted by molar-refractivity contribution is 7.80. The van der Waals surface area contributed by atoms with Crippen molar-refractivity contribution in [2.75, 3.05) is 12.4 Å². The minimum Gasteiger partial charge on any atom is -0.488 e. The van der Waals surface area contributed by atoms with E-state index in [0.29, 0.717) is 6.61 Å². The Bertz CT molecular complexity index is 496. The smallest absolute Gasteiger partial charge is 0.138 e. The number of rotatable bonds is 4. The van der Waals surface area contributed by atoms with Crippen molar-refractivity contribution < 1.29 is 4.74 Å². The first-order valence-electron chi connectivity index (χ1n) is 5.13. The lowest BCUT2D eigenvalue weighted by molar-refractivity contribution is 0.362. The SMILES string of the molecule is SC/C=C/COc1cnc2ccccc2c1. The summed E-state index contributed by atoms with van der Waals surface area (Å²) in [7, 11) is 0. The van der Waals surface area contributed by atoms with Crippen LogP contribution in [0.2, 0.25) is 0 Å². The lowest BCUT2D eigenvalue weighted by atomic mass is 10.2. The van der Waals surface area contributed by atoms with E-state index in [1.54, 1.807) is 6.20 Å². The van der Waals surface area contributed by atoms with Crippen molar-refractivity contribution in [1.29, 1.82) is 0 Å². The van der Waals surface area contributed by atoms with E-state index < -0.39 is 0 Å². The lowest BCUT2D eigenvalue weighted by Gasteiger charge is -2.03. The molecule has 0 saturated heterocycles. The minimum atomic E-state index is 0.556. The van der Waals surface area contributed by atoms with Crippen molar-refractivity contribution >= 4 is 23.5 Å². The van der Waals surface area contributed by atoms with E-state index in [9.17, 15) is 0 Å². The van der Waals surface area contributed by atoms with Gasteiger partial charge in [0.1, 0.15) is 12.4 Å². The Morgan fingerprint density at radius 1 is 1.25 bits per heavy atom. The molecule has 0 fully saturated rings. The van der Waals surface area contributed by atoms with E-state index in [-0.39, 0.29) is 0 Å². The van der Waals surface area contributed by atoms with E-state index in [4.69, 9.17) is 4.74 Å². The van der Waals surface area contributed by atoms with Gasteiger partial charge in [0.05, 0.1) is 11.7 Å². The van der Waals surface area contributed by atoms with Crippen molar-refractivity contribution in [3.8, 4) is 5.75 Å². The molecule has 0 aliphatic rings. The van der Waals surface area contributed by atoms with Crippen molar-refractivity contribution in [1.82, 2.24) is 4.98 Å². The molecule has 0 aliphatic carbocycles. The number of hydrogen-bond donors (Lipinski definition) is 1. The zero-order valence-corrected chi connectivity index (χ0v) is 9.73. The maximum atomic E-state index is 5.53. The Balaban J connectivity index is 2.10. The van der Waals surface area contributed by atoms with E-state index in [2.05, 4.69) is 17.6 Å². The molecule has 82 valence electrons. The molecule has 0 atom stereocenters. The molecule has 16 heavy (non-hydrogen) atoms. The molecule has 0 radical (unpaired) electrons. The van der Waals surface area contributed by atoms with Gasteiger partial charge >= 0.3 is 0 Å². The van der Waals surface area contributed by atoms with Crippen molar-refractivity contribution in [2.24, 2.45) is 0 Å². The number of para-hydroxylation sites is 1. The summed E-state index contributed by atoms with van der Waals surface area (Å²) in [5.41, 5.74) is 0.987. The minimum absolute atomic E-state index is 0.556. The number of benzene rings is 1. The van der Waals surface area contributed by atoms with Gasteiger partial charge in [0.25, 0.3) is 0 Å². The predicted molar refractivity (Wildman–Crippen MR) is 70.2 cm³/mol. The van der Waals surface area contributed by atoms with Gasteiger partial charge in [0.15, 0.2) is 0 Å². The van der Waals surface area contributed by atoms with Crippen LogP contribution in [-0.2, 0) is 0 Å². The second-order valence-corrected chi connectivity index (χ2v) is 3.69. The molecule has 0 bridgehead atoms. The second-order valence-electron chi connectivity index (χ2n) is 3.33. The van der Waals surface area contributed by atoms with Crippen LogP contribution in [0.3, 0.4) is 0 Å². The van der Waals surface area contributed by atoms with Crippen LogP contribution in [-0.4, -0.2) is 17.3 Å². The van der Waals surface area contributed by atoms with Gasteiger partial charge in [-0.3, -0.25) is 4.98 Å². The van der Waals surface area contributed by atoms with Gasteiger partial charge in [0.2, 0.25) is 0 Å². The first-order valence-corrected chi connectivity index (χ1v) is 5.77. The summed E-state index contributed by atoms with van der Waals surface area (Å²) in [4.78, 5) is 4.32. The van der Waals surface area contributed by atoms with Crippen LogP contribution in [0.15, 0.2) is 48.7 Å². The van der Waals surface area contributed by atoms with Crippen LogP contribution in [0.1, 0.15) is 0 Å². The average Bonchev–Trinajstić information content (AvgIpc) is 2.34. The number of thiol groups is 1. The molecule has 2 nitrogen and oxygen atoms in total. The molecule has 0 spiro atoms. The summed E-state index contributed by atoms with van der Waals surface area (Å²) < 4.78 is 5.53. The zero-order valence-electron chi connectivity index (χ0n) is 8.84. The van der Waals surface area contributed by atoms with Gasteiger partial charge in [-0.05, 0) is 12.1 Å². The fraction of sp³-hybridized carbons (Fsp3) is 0.154. The van der Waals surface area contributed by atoms with Gasteiger partial charge in [-0.2, -0.15) is 12.6 Å². The fourth-order valence-electron chi connectivity index (χ4n) is 1.42. The third-order valence-corrected chi connectivity index (χ3v) is 2.39. The van der Waals surface area contributed by atoms with Crippen LogP contribution in [0, 0.1) is 0 Å². The second kappa shape index (κ2) is 5.56. The standard InChI is InChI=1S/C13H13NOS/c16-8-4-3-7-15-12-9-11-5-1-2-6-13(11)14-10-12/h1-6,9-10,16H,7-8H2/b4-3+. The average molecular weight is 231 g/mol. The molecule has 3 heteroatoms. The molecule has 1 heterocycles. The summed E-state index contributed by atoms with van der Waals surface area (Å²) in [5.74, 6) is 1.53. The topological polar surface area (TPSA) is 22.1 Å². The Hall–Kier alpha value is -1.48. The first-order chi connectivity index (χ1) is 7.90. The normalized spacial score (nSPS) is 11.1. The van der Waals surface area contributed by atoms with E-state index >= 15 is 0 Å². The number of nitrogens with zero attached hydrogens (tertiary/aromatic N) is 1. The van der Waals surface area contributed by atoms with E-state index in [0.717, 1.165) is 22.4 Å². The Kier molecular flexibility index (Phi) is 3.83. The quantitative estimate of drug-likeness (QED) is 0.645. The predicted octanol–water partition coefficient (Wildman–Crippen LogP) is 3.10.